The summed E-state index contributed by atoms with van der Waals surface area (Å²) in [4.78, 5) is 31.4. The van der Waals surface area contributed by atoms with Gasteiger partial charge in [0.25, 0.3) is 5.91 Å². The monoisotopic (exact) mass is 333 g/mol. The predicted molar refractivity (Wildman–Crippen MR) is 95.7 cm³/mol. The zero-order valence-electron chi connectivity index (χ0n) is 13.5. The highest BCUT2D eigenvalue weighted by Crippen LogP contribution is 2.16. The summed E-state index contributed by atoms with van der Waals surface area (Å²) in [5.74, 6) is -0.795. The van der Waals surface area contributed by atoms with Crippen LogP contribution in [0.3, 0.4) is 0 Å². The summed E-state index contributed by atoms with van der Waals surface area (Å²) >= 11 is 0. The SMILES string of the molecule is NC(=O)c1cnc2cc(NC(=O)[CH]CCc3ccccc3)ccc2n1. The van der Waals surface area contributed by atoms with E-state index in [0.29, 0.717) is 23.1 Å². The second-order valence-corrected chi connectivity index (χ2v) is 5.54. The highest BCUT2D eigenvalue weighted by atomic mass is 16.2. The van der Waals surface area contributed by atoms with Crippen LogP contribution in [0.2, 0.25) is 0 Å². The van der Waals surface area contributed by atoms with Gasteiger partial charge in [-0.25, -0.2) is 4.98 Å². The van der Waals surface area contributed by atoms with Crippen molar-refractivity contribution in [1.82, 2.24) is 9.97 Å². The fraction of sp³-hybridized carbons (Fsp3) is 0.105. The van der Waals surface area contributed by atoms with E-state index in [1.807, 2.05) is 30.3 Å². The van der Waals surface area contributed by atoms with Crippen LogP contribution in [0, 0.1) is 6.42 Å². The second kappa shape index (κ2) is 7.53. The number of fused-ring (bicyclic) bond motifs is 1. The maximum atomic E-state index is 12.0. The van der Waals surface area contributed by atoms with Gasteiger partial charge in [-0.05, 0) is 36.6 Å². The van der Waals surface area contributed by atoms with Crippen LogP contribution in [0.1, 0.15) is 22.5 Å². The van der Waals surface area contributed by atoms with E-state index in [9.17, 15) is 9.59 Å². The Morgan fingerprint density at radius 3 is 2.64 bits per heavy atom. The molecule has 3 N–H and O–H groups in total. The van der Waals surface area contributed by atoms with Gasteiger partial charge in [0.1, 0.15) is 5.69 Å². The lowest BCUT2D eigenvalue weighted by molar-refractivity contribution is -0.113. The molecule has 6 nitrogen and oxygen atoms in total. The normalized spacial score (nSPS) is 10.6. The summed E-state index contributed by atoms with van der Waals surface area (Å²) in [6, 6.07) is 15.1. The van der Waals surface area contributed by atoms with Crippen LogP contribution >= 0.6 is 0 Å². The molecule has 3 rings (SSSR count). The minimum atomic E-state index is -0.625. The molecule has 1 heterocycles. The number of hydrogen-bond acceptors (Lipinski definition) is 4. The molecule has 0 bridgehead atoms. The molecule has 125 valence electrons. The average molecular weight is 333 g/mol. The second-order valence-electron chi connectivity index (χ2n) is 5.54. The van der Waals surface area contributed by atoms with Crippen LogP contribution in [0.25, 0.3) is 11.0 Å². The first-order valence-electron chi connectivity index (χ1n) is 7.86. The van der Waals surface area contributed by atoms with E-state index in [-0.39, 0.29) is 11.6 Å². The Morgan fingerprint density at radius 1 is 1.08 bits per heavy atom. The van der Waals surface area contributed by atoms with Gasteiger partial charge >= 0.3 is 0 Å². The largest absolute Gasteiger partial charge is 0.364 e. The van der Waals surface area contributed by atoms with Crippen molar-refractivity contribution in [1.29, 1.82) is 0 Å². The van der Waals surface area contributed by atoms with E-state index in [4.69, 9.17) is 5.73 Å². The van der Waals surface area contributed by atoms with Crippen molar-refractivity contribution in [2.45, 2.75) is 12.8 Å². The minimum absolute atomic E-state index is 0.110. The van der Waals surface area contributed by atoms with E-state index in [1.165, 1.54) is 11.8 Å². The predicted octanol–water partition coefficient (Wildman–Crippen LogP) is 2.50. The van der Waals surface area contributed by atoms with Gasteiger partial charge in [0.15, 0.2) is 0 Å². The fourth-order valence-corrected chi connectivity index (χ4v) is 2.42. The summed E-state index contributed by atoms with van der Waals surface area (Å²) in [5.41, 5.74) is 8.23. The molecule has 0 saturated heterocycles. The van der Waals surface area contributed by atoms with Crippen LogP contribution < -0.4 is 11.1 Å². The first kappa shape index (κ1) is 16.6. The highest BCUT2D eigenvalue weighted by Gasteiger charge is 2.07. The van der Waals surface area contributed by atoms with Gasteiger partial charge in [-0.2, -0.15) is 0 Å². The lowest BCUT2D eigenvalue weighted by atomic mass is 10.1. The number of carbonyl (C=O) groups is 2. The number of hydrogen-bond donors (Lipinski definition) is 2. The van der Waals surface area contributed by atoms with E-state index in [0.717, 1.165) is 6.42 Å². The van der Waals surface area contributed by atoms with Crippen LogP contribution in [-0.2, 0) is 11.2 Å². The van der Waals surface area contributed by atoms with Crippen molar-refractivity contribution < 1.29 is 9.59 Å². The molecule has 0 fully saturated rings. The van der Waals surface area contributed by atoms with Crippen molar-refractivity contribution in [3.63, 3.8) is 0 Å². The molecular formula is C19H17N4O2. The Balaban J connectivity index is 1.59. The molecule has 0 spiro atoms. The molecule has 0 aliphatic rings. The zero-order chi connectivity index (χ0) is 17.6. The Hall–Kier alpha value is -3.28. The zero-order valence-corrected chi connectivity index (χ0v) is 13.5. The van der Waals surface area contributed by atoms with Crippen LogP contribution in [0.4, 0.5) is 5.69 Å². The molecule has 3 aromatic rings. The molecule has 0 aliphatic carbocycles. The molecule has 2 aromatic carbocycles. The molecule has 25 heavy (non-hydrogen) atoms. The van der Waals surface area contributed by atoms with Gasteiger partial charge in [0.2, 0.25) is 5.91 Å². The van der Waals surface area contributed by atoms with Gasteiger partial charge in [-0.3, -0.25) is 14.6 Å². The summed E-state index contributed by atoms with van der Waals surface area (Å²) in [7, 11) is 0. The van der Waals surface area contributed by atoms with E-state index in [1.54, 1.807) is 24.6 Å². The van der Waals surface area contributed by atoms with Crippen molar-refractivity contribution in [2.24, 2.45) is 5.73 Å². The molecule has 0 saturated carbocycles. The molecule has 0 unspecified atom stereocenters. The van der Waals surface area contributed by atoms with Crippen LogP contribution in [0.5, 0.6) is 0 Å². The van der Waals surface area contributed by atoms with Gasteiger partial charge < -0.3 is 11.1 Å². The van der Waals surface area contributed by atoms with Crippen molar-refractivity contribution in [3.8, 4) is 0 Å². The van der Waals surface area contributed by atoms with Crippen LogP contribution in [0.15, 0.2) is 54.7 Å². The number of benzene rings is 2. The summed E-state index contributed by atoms with van der Waals surface area (Å²) in [5, 5.41) is 2.80. The third-order valence-electron chi connectivity index (χ3n) is 3.67. The number of nitrogens with two attached hydrogens (primary N) is 1. The maximum Gasteiger partial charge on any atom is 0.268 e. The van der Waals surface area contributed by atoms with E-state index < -0.39 is 5.91 Å². The number of nitrogens with one attached hydrogen (secondary N) is 1. The minimum Gasteiger partial charge on any atom is -0.364 e. The van der Waals surface area contributed by atoms with Gasteiger partial charge in [-0.1, -0.05) is 30.3 Å². The number of rotatable bonds is 6. The smallest absolute Gasteiger partial charge is 0.268 e. The third kappa shape index (κ3) is 4.38. The van der Waals surface area contributed by atoms with E-state index in [2.05, 4.69) is 15.3 Å². The number of aryl methyl sites for hydroxylation is 1. The van der Waals surface area contributed by atoms with Crippen molar-refractivity contribution in [2.75, 3.05) is 5.32 Å². The fourth-order valence-electron chi connectivity index (χ4n) is 2.42. The number of anilines is 1. The molecule has 1 aromatic heterocycles. The van der Waals surface area contributed by atoms with Gasteiger partial charge in [-0.15, -0.1) is 0 Å². The van der Waals surface area contributed by atoms with Crippen LogP contribution in [-0.4, -0.2) is 21.8 Å². The van der Waals surface area contributed by atoms with Gasteiger partial charge in [0.05, 0.1) is 23.7 Å². The average Bonchev–Trinajstić information content (AvgIpc) is 2.62. The third-order valence-corrected chi connectivity index (χ3v) is 3.67. The van der Waals surface area contributed by atoms with Gasteiger partial charge in [0, 0.05) is 5.69 Å². The summed E-state index contributed by atoms with van der Waals surface area (Å²) < 4.78 is 0. The number of amides is 2. The molecule has 1 radical (unpaired) electrons. The molecule has 0 atom stereocenters. The summed E-state index contributed by atoms with van der Waals surface area (Å²) in [6.07, 6.45) is 4.42. The quantitative estimate of drug-likeness (QED) is 0.724. The Labute approximate surface area is 145 Å². The lowest BCUT2D eigenvalue weighted by Gasteiger charge is -2.06. The number of aromatic nitrogens is 2. The lowest BCUT2D eigenvalue weighted by Crippen LogP contribution is -2.14. The molecular weight excluding hydrogens is 316 g/mol. The molecule has 6 heteroatoms. The van der Waals surface area contributed by atoms with Crippen molar-refractivity contribution in [3.05, 3.63) is 72.4 Å². The first-order valence-corrected chi connectivity index (χ1v) is 7.86. The Kier molecular flexibility index (Phi) is 4.99. The van der Waals surface area contributed by atoms with E-state index >= 15 is 0 Å². The Bertz CT molecular complexity index is 910. The number of carbonyl (C=O) groups excluding carboxylic acids is 2. The topological polar surface area (TPSA) is 98.0 Å². The standard InChI is InChI=1S/C19H17N4O2/c20-19(25)17-12-21-16-11-14(9-10-15(16)23-17)22-18(24)8-4-7-13-5-2-1-3-6-13/h1-3,5-6,8-12H,4,7H2,(H2,20,25)(H,22,24). The summed E-state index contributed by atoms with van der Waals surface area (Å²) in [6.45, 7) is 0. The molecule has 2 amide bonds. The Morgan fingerprint density at radius 2 is 1.88 bits per heavy atom. The first-order chi connectivity index (χ1) is 12.1. The van der Waals surface area contributed by atoms with Crippen molar-refractivity contribution >= 4 is 28.5 Å². The molecule has 0 aliphatic heterocycles. The number of nitrogens with zero attached hydrogens (tertiary/aromatic N) is 2. The highest BCUT2D eigenvalue weighted by molar-refractivity contribution is 5.98. The maximum absolute atomic E-state index is 12.0. The number of primary amides is 1.